The minimum Gasteiger partial charge on any atom is -0.477 e. The topological polar surface area (TPSA) is 113 Å². The number of aliphatic carboxylic acids is 1. The summed E-state index contributed by atoms with van der Waals surface area (Å²) in [6.07, 6.45) is 0.295. The second kappa shape index (κ2) is 7.46. The monoisotopic (exact) mass is 351 g/mol. The van der Waals surface area contributed by atoms with E-state index in [9.17, 15) is 19.5 Å². The van der Waals surface area contributed by atoms with Crippen LogP contribution in [0.4, 0.5) is 0 Å². The van der Waals surface area contributed by atoms with E-state index < -0.39 is 29.9 Å². The third-order valence-corrected chi connectivity index (χ3v) is 4.17. The molecule has 1 aromatic rings. The summed E-state index contributed by atoms with van der Waals surface area (Å²) in [5.74, 6) is -2.30. The molecule has 4 N–H and O–H groups in total. The molecule has 1 aliphatic rings. The Morgan fingerprint density at radius 3 is 2.54 bits per heavy atom. The Bertz CT molecular complexity index is 690. The highest BCUT2D eigenvalue weighted by atomic mass is 35.5. The molecule has 1 heterocycles. The van der Waals surface area contributed by atoms with Crippen LogP contribution >= 0.6 is 11.6 Å². The summed E-state index contributed by atoms with van der Waals surface area (Å²) in [7, 11) is 0. The zero-order valence-corrected chi connectivity index (χ0v) is 13.8. The van der Waals surface area contributed by atoms with Crippen LogP contribution in [0.25, 0.3) is 0 Å². The number of allylic oxidation sites excluding steroid dienone is 1. The standard InChI is InChI=1S/C16H18ClN3O4/c1-2-10(17)13(16(23)24)20-8-11(15(20)22)19-14(21)12(18)9-6-4-3-5-7-9/h3-7,11-12H,2,8,18H2,1H3,(H,19,21)(H,23,24)/b13-10+/t11-,12+/m0/s1. The van der Waals surface area contributed by atoms with Crippen LogP contribution in [-0.2, 0) is 14.4 Å². The lowest BCUT2D eigenvalue weighted by Crippen LogP contribution is -2.64. The molecule has 0 radical (unpaired) electrons. The van der Waals surface area contributed by atoms with Gasteiger partial charge < -0.3 is 21.1 Å². The van der Waals surface area contributed by atoms with Gasteiger partial charge in [-0.1, -0.05) is 48.9 Å². The molecule has 24 heavy (non-hydrogen) atoms. The van der Waals surface area contributed by atoms with Crippen LogP contribution in [0.1, 0.15) is 24.9 Å². The average molecular weight is 352 g/mol. The summed E-state index contributed by atoms with van der Waals surface area (Å²) in [5.41, 5.74) is 6.24. The third kappa shape index (κ3) is 3.58. The summed E-state index contributed by atoms with van der Waals surface area (Å²) in [5, 5.41) is 11.8. The van der Waals surface area contributed by atoms with E-state index in [0.29, 0.717) is 12.0 Å². The second-order valence-corrected chi connectivity index (χ2v) is 5.77. The number of carboxylic acid groups (broad SMARTS) is 1. The molecule has 0 bridgehead atoms. The molecule has 2 rings (SSSR count). The first-order valence-electron chi connectivity index (χ1n) is 7.41. The second-order valence-electron chi connectivity index (χ2n) is 5.31. The molecule has 1 fully saturated rings. The minimum absolute atomic E-state index is 0.0456. The highest BCUT2D eigenvalue weighted by Gasteiger charge is 2.43. The molecule has 0 unspecified atom stereocenters. The number of halogens is 1. The maximum atomic E-state index is 12.1. The fraction of sp³-hybridized carbons (Fsp3) is 0.312. The maximum absolute atomic E-state index is 12.1. The van der Waals surface area contributed by atoms with Crippen molar-refractivity contribution < 1.29 is 19.5 Å². The van der Waals surface area contributed by atoms with E-state index in [4.69, 9.17) is 17.3 Å². The molecular formula is C16H18ClN3O4. The van der Waals surface area contributed by atoms with E-state index in [0.717, 1.165) is 4.90 Å². The largest absolute Gasteiger partial charge is 0.477 e. The first-order chi connectivity index (χ1) is 11.4. The zero-order valence-electron chi connectivity index (χ0n) is 13.0. The Balaban J connectivity index is 2.01. The zero-order chi connectivity index (χ0) is 17.9. The minimum atomic E-state index is -1.28. The Hall–Kier alpha value is -2.38. The quantitative estimate of drug-likeness (QED) is 0.522. The molecule has 1 saturated heterocycles. The number of amides is 2. The van der Waals surface area contributed by atoms with Crippen LogP contribution in [0, 0.1) is 0 Å². The van der Waals surface area contributed by atoms with E-state index in [1.165, 1.54) is 0 Å². The number of hydrogen-bond acceptors (Lipinski definition) is 4. The van der Waals surface area contributed by atoms with Crippen molar-refractivity contribution in [1.29, 1.82) is 0 Å². The first-order valence-corrected chi connectivity index (χ1v) is 7.78. The summed E-state index contributed by atoms with van der Waals surface area (Å²) in [6.45, 7) is 1.73. The molecule has 0 saturated carbocycles. The van der Waals surface area contributed by atoms with Crippen LogP contribution < -0.4 is 11.1 Å². The van der Waals surface area contributed by atoms with Gasteiger partial charge in [0.05, 0.1) is 6.54 Å². The third-order valence-electron chi connectivity index (χ3n) is 3.73. The SMILES string of the molecule is CC/C(Cl)=C(/C(=O)O)N1C[C@H](NC(=O)[C@H](N)c2ccccc2)C1=O. The summed E-state index contributed by atoms with van der Waals surface area (Å²) in [6, 6.07) is 7.05. The van der Waals surface area contributed by atoms with E-state index in [-0.39, 0.29) is 17.3 Å². The number of nitrogens with zero attached hydrogens (tertiary/aromatic N) is 1. The number of carboxylic acids is 1. The Morgan fingerprint density at radius 2 is 2.04 bits per heavy atom. The fourth-order valence-corrected chi connectivity index (χ4v) is 2.54. The molecule has 2 atom stereocenters. The van der Waals surface area contributed by atoms with Gasteiger partial charge in [0.2, 0.25) is 5.91 Å². The predicted octanol–water partition coefficient (Wildman–Crippen LogP) is 0.958. The van der Waals surface area contributed by atoms with Crippen molar-refractivity contribution in [1.82, 2.24) is 10.2 Å². The van der Waals surface area contributed by atoms with E-state index in [1.54, 1.807) is 37.3 Å². The Labute approximate surface area is 144 Å². The van der Waals surface area contributed by atoms with Crippen LogP contribution in [0.2, 0.25) is 0 Å². The van der Waals surface area contributed by atoms with Crippen LogP contribution in [0.3, 0.4) is 0 Å². The molecule has 7 nitrogen and oxygen atoms in total. The lowest BCUT2D eigenvalue weighted by atomic mass is 10.0. The smallest absolute Gasteiger partial charge is 0.353 e. The number of rotatable bonds is 6. The average Bonchev–Trinajstić information content (AvgIpc) is 2.59. The number of carbonyl (C=O) groups is 3. The van der Waals surface area contributed by atoms with Gasteiger partial charge in [0.15, 0.2) is 0 Å². The first kappa shape index (κ1) is 18.0. The number of β-lactam (4-membered cyclic amide) rings is 1. The van der Waals surface area contributed by atoms with Gasteiger partial charge in [-0.3, -0.25) is 9.59 Å². The number of carbonyl (C=O) groups excluding carboxylic acids is 2. The number of benzene rings is 1. The van der Waals surface area contributed by atoms with E-state index in [1.807, 2.05) is 0 Å². The highest BCUT2D eigenvalue weighted by Crippen LogP contribution is 2.24. The van der Waals surface area contributed by atoms with Crippen molar-refractivity contribution >= 4 is 29.4 Å². The van der Waals surface area contributed by atoms with Gasteiger partial charge in [0.25, 0.3) is 5.91 Å². The van der Waals surface area contributed by atoms with Crippen molar-refractivity contribution in [3.05, 3.63) is 46.6 Å². The summed E-state index contributed by atoms with van der Waals surface area (Å²) in [4.78, 5) is 36.6. The molecule has 0 aliphatic carbocycles. The molecule has 2 amide bonds. The highest BCUT2D eigenvalue weighted by molar-refractivity contribution is 6.31. The van der Waals surface area contributed by atoms with Crippen molar-refractivity contribution in [2.24, 2.45) is 5.73 Å². The predicted molar refractivity (Wildman–Crippen MR) is 87.8 cm³/mol. The Morgan fingerprint density at radius 1 is 1.42 bits per heavy atom. The lowest BCUT2D eigenvalue weighted by Gasteiger charge is -2.39. The summed E-state index contributed by atoms with van der Waals surface area (Å²) >= 11 is 5.88. The molecular weight excluding hydrogens is 334 g/mol. The molecule has 0 aromatic heterocycles. The van der Waals surface area contributed by atoms with Gasteiger partial charge in [-0.05, 0) is 12.0 Å². The lowest BCUT2D eigenvalue weighted by molar-refractivity contribution is -0.149. The van der Waals surface area contributed by atoms with E-state index in [2.05, 4.69) is 5.32 Å². The molecule has 0 spiro atoms. The van der Waals surface area contributed by atoms with Gasteiger partial charge in [0, 0.05) is 5.03 Å². The normalized spacial score (nSPS) is 19.2. The fourth-order valence-electron chi connectivity index (χ4n) is 2.35. The Kier molecular flexibility index (Phi) is 5.58. The number of nitrogens with one attached hydrogen (secondary N) is 1. The van der Waals surface area contributed by atoms with Crippen molar-refractivity contribution in [3.63, 3.8) is 0 Å². The van der Waals surface area contributed by atoms with Gasteiger partial charge >= 0.3 is 5.97 Å². The number of hydrogen-bond donors (Lipinski definition) is 3. The van der Waals surface area contributed by atoms with Crippen molar-refractivity contribution in [2.45, 2.75) is 25.4 Å². The van der Waals surface area contributed by atoms with Crippen molar-refractivity contribution in [2.75, 3.05) is 6.54 Å². The molecule has 1 aliphatic heterocycles. The number of nitrogens with two attached hydrogens (primary N) is 1. The summed E-state index contributed by atoms with van der Waals surface area (Å²) < 4.78 is 0. The van der Waals surface area contributed by atoms with Crippen LogP contribution in [0.5, 0.6) is 0 Å². The van der Waals surface area contributed by atoms with Gasteiger partial charge in [0.1, 0.15) is 17.8 Å². The van der Waals surface area contributed by atoms with Gasteiger partial charge in [-0.2, -0.15) is 0 Å². The van der Waals surface area contributed by atoms with Gasteiger partial charge in [-0.25, -0.2) is 4.79 Å². The maximum Gasteiger partial charge on any atom is 0.353 e. The molecule has 8 heteroatoms. The van der Waals surface area contributed by atoms with Crippen LogP contribution in [0.15, 0.2) is 41.1 Å². The molecule has 1 aromatic carbocycles. The van der Waals surface area contributed by atoms with Gasteiger partial charge in [-0.15, -0.1) is 0 Å². The molecule has 128 valence electrons. The van der Waals surface area contributed by atoms with Crippen molar-refractivity contribution in [3.8, 4) is 0 Å². The van der Waals surface area contributed by atoms with Crippen LogP contribution in [-0.4, -0.2) is 40.4 Å². The number of likely N-dealkylation sites (tertiary alicyclic amines) is 1. The van der Waals surface area contributed by atoms with E-state index >= 15 is 0 Å².